The number of aliphatic hydroxyl groups excluding tert-OH is 1. The van der Waals surface area contributed by atoms with Crippen LogP contribution in [0.3, 0.4) is 0 Å². The second-order valence-electron chi connectivity index (χ2n) is 3.42. The van der Waals surface area contributed by atoms with Gasteiger partial charge in [-0.1, -0.05) is 11.6 Å². The number of hydrogen-bond acceptors (Lipinski definition) is 2. The minimum absolute atomic E-state index is 0.293. The van der Waals surface area contributed by atoms with Gasteiger partial charge < -0.3 is 5.11 Å². The van der Waals surface area contributed by atoms with E-state index in [1.807, 2.05) is 0 Å². The van der Waals surface area contributed by atoms with Crippen molar-refractivity contribution in [3.8, 4) is 0 Å². The number of aliphatic hydroxyl groups is 1. The molecule has 0 aliphatic heterocycles. The van der Waals surface area contributed by atoms with Gasteiger partial charge in [-0.3, -0.25) is 4.68 Å². The fraction of sp³-hybridized carbons (Fsp3) is 0.667. The summed E-state index contributed by atoms with van der Waals surface area (Å²) >= 11 is 10.6. The second-order valence-corrected chi connectivity index (χ2v) is 4.31. The highest BCUT2D eigenvalue weighted by atomic mass is 35.5. The van der Waals surface area contributed by atoms with Crippen LogP contribution in [-0.2, 0) is 13.0 Å². The summed E-state index contributed by atoms with van der Waals surface area (Å²) in [5.74, 6) is 0. The molecule has 16 heavy (non-hydrogen) atoms. The topological polar surface area (TPSA) is 38.0 Å². The van der Waals surface area contributed by atoms with Crippen molar-refractivity contribution in [2.24, 2.45) is 0 Å². The highest BCUT2D eigenvalue weighted by Gasteiger charge is 2.36. The summed E-state index contributed by atoms with van der Waals surface area (Å²) < 4.78 is 26.7. The van der Waals surface area contributed by atoms with E-state index in [1.54, 1.807) is 13.8 Å². The first kappa shape index (κ1) is 13.7. The number of alkyl halides is 3. The Balaban J connectivity index is 2.96. The van der Waals surface area contributed by atoms with Crippen LogP contribution in [0.25, 0.3) is 0 Å². The lowest BCUT2D eigenvalue weighted by Gasteiger charge is -2.16. The number of aryl methyl sites for hydroxylation is 2. The summed E-state index contributed by atoms with van der Waals surface area (Å²) in [6.07, 6.45) is -2.31. The number of aromatic nitrogens is 2. The maximum atomic E-state index is 12.6. The molecule has 7 heteroatoms. The second kappa shape index (κ2) is 4.85. The van der Waals surface area contributed by atoms with E-state index in [9.17, 15) is 13.9 Å². The van der Waals surface area contributed by atoms with Gasteiger partial charge >= 0.3 is 5.38 Å². The predicted molar refractivity (Wildman–Crippen MR) is 58.2 cm³/mol. The third-order valence-electron chi connectivity index (χ3n) is 2.22. The molecular formula is C9H12Cl2F2N2O. The third-order valence-corrected chi connectivity index (χ3v) is 2.96. The van der Waals surface area contributed by atoms with E-state index < -0.39 is 11.5 Å². The molecule has 0 aromatic carbocycles. The van der Waals surface area contributed by atoms with Crippen LogP contribution in [-0.4, -0.2) is 26.4 Å². The molecular weight excluding hydrogens is 261 g/mol. The van der Waals surface area contributed by atoms with Gasteiger partial charge in [-0.2, -0.15) is 13.9 Å². The van der Waals surface area contributed by atoms with Crippen molar-refractivity contribution in [1.82, 2.24) is 9.78 Å². The normalized spacial score (nSPS) is 14.2. The van der Waals surface area contributed by atoms with Crippen LogP contribution in [0, 0.1) is 6.92 Å². The van der Waals surface area contributed by atoms with Gasteiger partial charge in [-0.25, -0.2) is 0 Å². The van der Waals surface area contributed by atoms with Crippen molar-refractivity contribution in [2.75, 3.05) is 0 Å². The SMILES string of the molecule is CCn1nc(C)c(Cl)c1CC(O)C(F)(F)Cl. The number of nitrogens with zero attached hydrogens (tertiary/aromatic N) is 2. The van der Waals surface area contributed by atoms with E-state index in [0.29, 0.717) is 23.0 Å². The Morgan fingerprint density at radius 3 is 2.56 bits per heavy atom. The quantitative estimate of drug-likeness (QED) is 0.856. The monoisotopic (exact) mass is 272 g/mol. The minimum atomic E-state index is -3.67. The molecule has 0 saturated carbocycles. The summed E-state index contributed by atoms with van der Waals surface area (Å²) in [5.41, 5.74) is 0.915. The largest absolute Gasteiger partial charge is 0.385 e. The summed E-state index contributed by atoms with van der Waals surface area (Å²) in [6, 6.07) is 0. The standard InChI is InChI=1S/C9H12Cl2F2N2O/c1-3-15-6(8(10)5(2)14-15)4-7(16)9(11,12)13/h7,16H,3-4H2,1-2H3. The van der Waals surface area contributed by atoms with E-state index in [2.05, 4.69) is 5.10 Å². The van der Waals surface area contributed by atoms with Crippen molar-refractivity contribution in [2.45, 2.75) is 38.3 Å². The van der Waals surface area contributed by atoms with Crippen molar-refractivity contribution >= 4 is 23.2 Å². The van der Waals surface area contributed by atoms with Crippen LogP contribution in [0.4, 0.5) is 8.78 Å². The Hall–Kier alpha value is -0.390. The molecule has 92 valence electrons. The molecule has 0 fully saturated rings. The fourth-order valence-electron chi connectivity index (χ4n) is 1.36. The number of rotatable bonds is 4. The molecule has 0 radical (unpaired) electrons. The van der Waals surface area contributed by atoms with Crippen LogP contribution in [0.2, 0.25) is 5.02 Å². The van der Waals surface area contributed by atoms with E-state index in [4.69, 9.17) is 23.2 Å². The Morgan fingerprint density at radius 1 is 1.56 bits per heavy atom. The molecule has 0 bridgehead atoms. The first-order valence-electron chi connectivity index (χ1n) is 4.74. The maximum absolute atomic E-state index is 12.6. The van der Waals surface area contributed by atoms with Gasteiger partial charge in [0.1, 0.15) is 6.10 Å². The molecule has 0 saturated heterocycles. The van der Waals surface area contributed by atoms with Crippen LogP contribution >= 0.6 is 23.2 Å². The van der Waals surface area contributed by atoms with Gasteiger partial charge in [-0.05, 0) is 25.4 Å². The Labute approximate surface area is 102 Å². The van der Waals surface area contributed by atoms with Gasteiger partial charge in [0, 0.05) is 13.0 Å². The fourth-order valence-corrected chi connectivity index (χ4v) is 1.65. The average molecular weight is 273 g/mol. The van der Waals surface area contributed by atoms with Gasteiger partial charge in [0.25, 0.3) is 0 Å². The van der Waals surface area contributed by atoms with Gasteiger partial charge in [-0.15, -0.1) is 0 Å². The zero-order valence-corrected chi connectivity index (χ0v) is 10.4. The molecule has 1 unspecified atom stereocenters. The predicted octanol–water partition coefficient (Wildman–Crippen LogP) is 2.60. The zero-order valence-electron chi connectivity index (χ0n) is 8.85. The molecule has 1 aromatic rings. The average Bonchev–Trinajstić information content (AvgIpc) is 2.44. The lowest BCUT2D eigenvalue weighted by molar-refractivity contribution is -0.0406. The summed E-state index contributed by atoms with van der Waals surface area (Å²) in [6.45, 7) is 3.96. The van der Waals surface area contributed by atoms with Crippen molar-refractivity contribution in [1.29, 1.82) is 0 Å². The maximum Gasteiger partial charge on any atom is 0.347 e. The van der Waals surface area contributed by atoms with Crippen LogP contribution in [0.15, 0.2) is 0 Å². The molecule has 1 N–H and O–H groups in total. The highest BCUT2D eigenvalue weighted by Crippen LogP contribution is 2.29. The Kier molecular flexibility index (Phi) is 4.15. The molecule has 3 nitrogen and oxygen atoms in total. The molecule has 1 heterocycles. The number of hydrogen-bond donors (Lipinski definition) is 1. The van der Waals surface area contributed by atoms with Gasteiger partial charge in [0.15, 0.2) is 0 Å². The molecule has 1 atom stereocenters. The lowest BCUT2D eigenvalue weighted by Crippen LogP contribution is -2.30. The lowest BCUT2D eigenvalue weighted by atomic mass is 10.2. The highest BCUT2D eigenvalue weighted by molar-refractivity contribution is 6.31. The molecule has 0 amide bonds. The first-order chi connectivity index (χ1) is 7.27. The Bertz CT molecular complexity index is 376. The molecule has 0 spiro atoms. The number of halogens is 4. The zero-order chi connectivity index (χ0) is 12.5. The van der Waals surface area contributed by atoms with Crippen LogP contribution in [0.1, 0.15) is 18.3 Å². The summed E-state index contributed by atoms with van der Waals surface area (Å²) in [5, 5.41) is 9.89. The first-order valence-corrected chi connectivity index (χ1v) is 5.49. The van der Waals surface area contributed by atoms with E-state index in [-0.39, 0.29) is 6.42 Å². The van der Waals surface area contributed by atoms with Crippen LogP contribution in [0.5, 0.6) is 0 Å². The van der Waals surface area contributed by atoms with E-state index >= 15 is 0 Å². The minimum Gasteiger partial charge on any atom is -0.385 e. The summed E-state index contributed by atoms with van der Waals surface area (Å²) in [7, 11) is 0. The van der Waals surface area contributed by atoms with E-state index in [1.165, 1.54) is 4.68 Å². The van der Waals surface area contributed by atoms with Crippen molar-refractivity contribution < 1.29 is 13.9 Å². The molecule has 1 aromatic heterocycles. The van der Waals surface area contributed by atoms with E-state index in [0.717, 1.165) is 0 Å². The molecule has 0 aliphatic carbocycles. The summed E-state index contributed by atoms with van der Waals surface area (Å²) in [4.78, 5) is 0. The molecule has 0 aliphatic rings. The van der Waals surface area contributed by atoms with Crippen LogP contribution < -0.4 is 0 Å². The van der Waals surface area contributed by atoms with Gasteiger partial charge in [0.05, 0.1) is 16.4 Å². The van der Waals surface area contributed by atoms with Crippen molar-refractivity contribution in [3.63, 3.8) is 0 Å². The molecule has 1 rings (SSSR count). The smallest absolute Gasteiger partial charge is 0.347 e. The third kappa shape index (κ3) is 2.84. The van der Waals surface area contributed by atoms with Gasteiger partial charge in [0.2, 0.25) is 0 Å². The van der Waals surface area contributed by atoms with Crippen molar-refractivity contribution in [3.05, 3.63) is 16.4 Å². The Morgan fingerprint density at radius 2 is 2.12 bits per heavy atom.